The number of hydrogen-bond donors (Lipinski definition) is 2. The lowest BCUT2D eigenvalue weighted by Gasteiger charge is -2.08. The summed E-state index contributed by atoms with van der Waals surface area (Å²) in [7, 11) is 0. The minimum atomic E-state index is -0.547. The molecule has 4 rings (SSSR count). The number of aromatic nitrogens is 5. The molecule has 1 amide bonds. The van der Waals surface area contributed by atoms with Gasteiger partial charge in [0.1, 0.15) is 11.4 Å². The fourth-order valence-electron chi connectivity index (χ4n) is 2.68. The summed E-state index contributed by atoms with van der Waals surface area (Å²) in [5, 5.41) is 23.2. The minimum absolute atomic E-state index is 0.0106. The first-order valence-electron chi connectivity index (χ1n) is 9.30. The molecule has 0 aliphatic heterocycles. The van der Waals surface area contributed by atoms with E-state index in [0.29, 0.717) is 23.6 Å². The number of hydrazone groups is 1. The maximum atomic E-state index is 12.8. The number of anilines is 1. The molecule has 0 radical (unpaired) electrons. The molecule has 4 aromatic rings. The Morgan fingerprint density at radius 2 is 2.16 bits per heavy atom. The van der Waals surface area contributed by atoms with Crippen LogP contribution in [-0.2, 0) is 0 Å². The molecule has 0 unspecified atom stereocenters. The number of nitrogens with zero attached hydrogens (tertiary/aromatic N) is 6. The van der Waals surface area contributed by atoms with Gasteiger partial charge in [0.2, 0.25) is 11.6 Å². The summed E-state index contributed by atoms with van der Waals surface area (Å²) in [5.41, 5.74) is 10.2. The third kappa shape index (κ3) is 4.43. The Labute approximate surface area is 180 Å². The third-order valence-corrected chi connectivity index (χ3v) is 4.81. The van der Waals surface area contributed by atoms with Crippen LogP contribution in [0, 0.1) is 0 Å². The average molecular weight is 438 g/mol. The van der Waals surface area contributed by atoms with Crippen LogP contribution in [-0.4, -0.2) is 44.0 Å². The van der Waals surface area contributed by atoms with Crippen LogP contribution in [0.2, 0.25) is 0 Å². The molecule has 0 bridgehead atoms. The number of thiophene rings is 1. The van der Waals surface area contributed by atoms with Gasteiger partial charge in [0.05, 0.1) is 12.8 Å². The van der Waals surface area contributed by atoms with Crippen molar-refractivity contribution in [2.75, 3.05) is 12.3 Å². The van der Waals surface area contributed by atoms with E-state index in [2.05, 4.69) is 35.8 Å². The molecule has 1 aromatic carbocycles. The second kappa shape index (κ2) is 9.17. The van der Waals surface area contributed by atoms with Crippen LogP contribution in [0.25, 0.3) is 17.1 Å². The van der Waals surface area contributed by atoms with Crippen molar-refractivity contribution in [2.45, 2.75) is 13.3 Å². The van der Waals surface area contributed by atoms with Crippen molar-refractivity contribution in [1.82, 2.24) is 30.7 Å². The second-order valence-electron chi connectivity index (χ2n) is 6.30. The number of amides is 1. The molecule has 0 spiro atoms. The van der Waals surface area contributed by atoms with Crippen molar-refractivity contribution in [3.63, 3.8) is 0 Å². The lowest BCUT2D eigenvalue weighted by Crippen LogP contribution is -2.19. The molecular weight excluding hydrogens is 420 g/mol. The van der Waals surface area contributed by atoms with E-state index in [0.717, 1.165) is 12.0 Å². The monoisotopic (exact) mass is 438 g/mol. The number of hydrogen-bond acceptors (Lipinski definition) is 10. The molecule has 0 aliphatic carbocycles. The van der Waals surface area contributed by atoms with Gasteiger partial charge in [-0.2, -0.15) is 21.1 Å². The molecule has 0 atom stereocenters. The van der Waals surface area contributed by atoms with Gasteiger partial charge in [-0.1, -0.05) is 12.1 Å². The van der Waals surface area contributed by atoms with Crippen molar-refractivity contribution in [2.24, 2.45) is 5.10 Å². The zero-order valence-electron chi connectivity index (χ0n) is 16.4. The van der Waals surface area contributed by atoms with E-state index in [1.54, 1.807) is 24.3 Å². The summed E-state index contributed by atoms with van der Waals surface area (Å²) in [6.07, 6.45) is 2.44. The largest absolute Gasteiger partial charge is 0.494 e. The Bertz CT molecular complexity index is 1180. The Hall–Kier alpha value is -4.06. The van der Waals surface area contributed by atoms with Gasteiger partial charge in [-0.15, -0.1) is 5.10 Å². The van der Waals surface area contributed by atoms with Crippen LogP contribution < -0.4 is 15.9 Å². The van der Waals surface area contributed by atoms with E-state index in [-0.39, 0.29) is 17.3 Å². The molecule has 0 fully saturated rings. The highest BCUT2D eigenvalue weighted by Crippen LogP contribution is 2.28. The minimum Gasteiger partial charge on any atom is -0.494 e. The van der Waals surface area contributed by atoms with Gasteiger partial charge in [0, 0.05) is 11.1 Å². The smallest absolute Gasteiger partial charge is 0.294 e. The Morgan fingerprint density at radius 1 is 1.32 bits per heavy atom. The lowest BCUT2D eigenvalue weighted by molar-refractivity contribution is 0.0950. The molecule has 3 heterocycles. The van der Waals surface area contributed by atoms with Crippen molar-refractivity contribution >= 4 is 29.3 Å². The summed E-state index contributed by atoms with van der Waals surface area (Å²) in [4.78, 5) is 12.8. The summed E-state index contributed by atoms with van der Waals surface area (Å²) in [6.45, 7) is 2.64. The maximum absolute atomic E-state index is 12.8. The molecule has 0 saturated carbocycles. The zero-order valence-corrected chi connectivity index (χ0v) is 17.2. The van der Waals surface area contributed by atoms with Crippen LogP contribution in [0.3, 0.4) is 0 Å². The molecule has 0 aliphatic rings. The Morgan fingerprint density at radius 3 is 2.84 bits per heavy atom. The number of nitrogens with two attached hydrogens (primary N) is 1. The molecule has 3 N–H and O–H groups in total. The van der Waals surface area contributed by atoms with Gasteiger partial charge in [-0.25, -0.2) is 10.1 Å². The summed E-state index contributed by atoms with van der Waals surface area (Å²) >= 11 is 1.53. The van der Waals surface area contributed by atoms with Crippen LogP contribution in [0.15, 0.2) is 50.8 Å². The van der Waals surface area contributed by atoms with E-state index in [1.165, 1.54) is 22.2 Å². The number of ether oxygens (including phenoxy) is 1. The lowest BCUT2D eigenvalue weighted by atomic mass is 10.1. The summed E-state index contributed by atoms with van der Waals surface area (Å²) in [5.74, 6) is 0.291. The SMILES string of the molecule is CCCOc1ccc(-c2c(C(=O)N/N=C/c3ccsc3)nnn2-c2nonc2N)cc1. The quantitative estimate of drug-likeness (QED) is 0.315. The van der Waals surface area contributed by atoms with Crippen molar-refractivity contribution in [3.05, 3.63) is 52.3 Å². The van der Waals surface area contributed by atoms with Gasteiger partial charge in [-0.05, 0) is 57.8 Å². The fourth-order valence-corrected chi connectivity index (χ4v) is 3.29. The highest BCUT2D eigenvalue weighted by atomic mass is 32.1. The molecular formula is C19H18N8O3S. The van der Waals surface area contributed by atoms with E-state index in [4.69, 9.17) is 10.5 Å². The highest BCUT2D eigenvalue weighted by Gasteiger charge is 2.25. The second-order valence-corrected chi connectivity index (χ2v) is 7.08. The van der Waals surface area contributed by atoms with Crippen LogP contribution in [0.5, 0.6) is 5.75 Å². The van der Waals surface area contributed by atoms with Crippen LogP contribution in [0.4, 0.5) is 5.82 Å². The first-order chi connectivity index (χ1) is 15.2. The van der Waals surface area contributed by atoms with Gasteiger partial charge in [0.15, 0.2) is 5.69 Å². The standard InChI is InChI=1S/C19H18N8O3S/c1-2-8-29-14-5-3-13(4-6-14)16-15(19(28)23-21-10-12-7-9-31-11-12)22-26-27(16)18-17(20)24-30-25-18/h3-7,9-11H,2,8H2,1H3,(H2,20,24)(H,23,28)/b21-10+. The van der Waals surface area contributed by atoms with Gasteiger partial charge in [0.25, 0.3) is 5.91 Å². The van der Waals surface area contributed by atoms with Crippen LogP contribution >= 0.6 is 11.3 Å². The summed E-state index contributed by atoms with van der Waals surface area (Å²) < 4.78 is 11.6. The number of nitrogens with one attached hydrogen (secondary N) is 1. The topological polar surface area (TPSA) is 146 Å². The van der Waals surface area contributed by atoms with E-state index in [9.17, 15) is 4.79 Å². The molecule has 31 heavy (non-hydrogen) atoms. The van der Waals surface area contributed by atoms with E-state index < -0.39 is 5.91 Å². The van der Waals surface area contributed by atoms with Crippen LogP contribution in [0.1, 0.15) is 29.4 Å². The predicted molar refractivity (Wildman–Crippen MR) is 114 cm³/mol. The van der Waals surface area contributed by atoms with Crippen molar-refractivity contribution < 1.29 is 14.2 Å². The Kier molecular flexibility index (Phi) is 5.98. The molecule has 0 saturated heterocycles. The molecule has 158 valence electrons. The van der Waals surface area contributed by atoms with E-state index >= 15 is 0 Å². The van der Waals surface area contributed by atoms with Gasteiger partial charge < -0.3 is 10.5 Å². The molecule has 11 nitrogen and oxygen atoms in total. The summed E-state index contributed by atoms with van der Waals surface area (Å²) in [6, 6.07) is 9.04. The average Bonchev–Trinajstić information content (AvgIpc) is 3.53. The zero-order chi connectivity index (χ0) is 21.6. The first-order valence-corrected chi connectivity index (χ1v) is 10.2. The van der Waals surface area contributed by atoms with Gasteiger partial charge in [-0.3, -0.25) is 4.79 Å². The Balaban J connectivity index is 1.68. The maximum Gasteiger partial charge on any atom is 0.294 e. The highest BCUT2D eigenvalue weighted by molar-refractivity contribution is 7.08. The van der Waals surface area contributed by atoms with Gasteiger partial charge >= 0.3 is 0 Å². The number of benzene rings is 1. The number of carbonyl (C=O) groups excluding carboxylic acids is 1. The number of nitrogen functional groups attached to an aromatic ring is 1. The number of carbonyl (C=O) groups is 1. The first kappa shape index (κ1) is 20.2. The predicted octanol–water partition coefficient (Wildman–Crippen LogP) is 2.51. The van der Waals surface area contributed by atoms with Crippen molar-refractivity contribution in [1.29, 1.82) is 0 Å². The molecule has 12 heteroatoms. The third-order valence-electron chi connectivity index (χ3n) is 4.11. The van der Waals surface area contributed by atoms with Crippen molar-refractivity contribution in [3.8, 4) is 22.8 Å². The number of rotatable bonds is 8. The van der Waals surface area contributed by atoms with E-state index in [1.807, 2.05) is 23.8 Å². The fraction of sp³-hybridized carbons (Fsp3) is 0.158. The molecule has 3 aromatic heterocycles. The normalized spacial score (nSPS) is 11.1.